The van der Waals surface area contributed by atoms with Crippen LogP contribution in [-0.2, 0) is 16.4 Å². The minimum atomic E-state index is -2.81. The summed E-state index contributed by atoms with van der Waals surface area (Å²) in [6.45, 7) is 3.34. The Hall–Kier alpha value is -1.27. The van der Waals surface area contributed by atoms with Crippen LogP contribution in [0.2, 0.25) is 0 Å². The lowest BCUT2D eigenvalue weighted by Gasteiger charge is -2.26. The molecule has 6 heteroatoms. The number of hydrogen-bond acceptors (Lipinski definition) is 5. The fourth-order valence-electron chi connectivity index (χ4n) is 2.47. The Kier molecular flexibility index (Phi) is 3.85. The van der Waals surface area contributed by atoms with E-state index >= 15 is 0 Å². The molecular weight excluding hydrogens is 278 g/mol. The molecule has 0 bridgehead atoms. The third-order valence-corrected chi connectivity index (χ3v) is 5.26. The van der Waals surface area contributed by atoms with Gasteiger partial charge in [0.15, 0.2) is 21.3 Å². The summed E-state index contributed by atoms with van der Waals surface area (Å²) >= 11 is 0. The zero-order valence-corrected chi connectivity index (χ0v) is 12.2. The Morgan fingerprint density at radius 3 is 2.50 bits per heavy atom. The Morgan fingerprint density at radius 1 is 1.05 bits per heavy atom. The number of benzene rings is 1. The van der Waals surface area contributed by atoms with Crippen LogP contribution >= 0.6 is 0 Å². The highest BCUT2D eigenvalue weighted by Crippen LogP contribution is 2.30. The molecule has 0 saturated carbocycles. The van der Waals surface area contributed by atoms with Gasteiger partial charge in [0.1, 0.15) is 0 Å². The van der Waals surface area contributed by atoms with Gasteiger partial charge < -0.3 is 9.47 Å². The summed E-state index contributed by atoms with van der Waals surface area (Å²) in [6, 6.07) is 5.97. The van der Waals surface area contributed by atoms with Crippen molar-refractivity contribution in [2.24, 2.45) is 0 Å². The van der Waals surface area contributed by atoms with Crippen molar-refractivity contribution in [3.8, 4) is 11.5 Å². The maximum Gasteiger partial charge on any atom is 0.161 e. The van der Waals surface area contributed by atoms with E-state index < -0.39 is 9.84 Å². The number of sulfone groups is 1. The van der Waals surface area contributed by atoms with Gasteiger partial charge in [-0.05, 0) is 17.7 Å². The van der Waals surface area contributed by atoms with Gasteiger partial charge in [0, 0.05) is 26.1 Å². The molecule has 0 unspecified atom stereocenters. The molecule has 0 aromatic heterocycles. The Morgan fingerprint density at radius 2 is 1.75 bits per heavy atom. The summed E-state index contributed by atoms with van der Waals surface area (Å²) in [5, 5.41) is 0. The Balaban J connectivity index is 1.68. The van der Waals surface area contributed by atoms with Gasteiger partial charge in [-0.15, -0.1) is 0 Å². The number of hydrogen-bond donors (Lipinski definition) is 0. The van der Waals surface area contributed by atoms with E-state index in [1.807, 2.05) is 18.2 Å². The predicted molar refractivity (Wildman–Crippen MR) is 76.0 cm³/mol. The normalized spacial score (nSPS) is 22.2. The molecule has 0 atom stereocenters. The van der Waals surface area contributed by atoms with Crippen LogP contribution in [0.1, 0.15) is 12.0 Å². The second kappa shape index (κ2) is 5.61. The van der Waals surface area contributed by atoms with Gasteiger partial charge in [-0.1, -0.05) is 6.07 Å². The zero-order valence-electron chi connectivity index (χ0n) is 11.4. The zero-order chi connectivity index (χ0) is 14.0. The lowest BCUT2D eigenvalue weighted by atomic mass is 10.2. The standard InChI is InChI=1S/C14H19NO4S/c16-20(17)8-4-15(5-9-20)11-12-2-3-13-14(10-12)19-7-1-6-18-13/h2-3,10H,1,4-9,11H2. The summed E-state index contributed by atoms with van der Waals surface area (Å²) in [4.78, 5) is 2.17. The van der Waals surface area contributed by atoms with Gasteiger partial charge in [0.05, 0.1) is 24.7 Å². The van der Waals surface area contributed by atoms with Crippen molar-refractivity contribution in [1.82, 2.24) is 4.90 Å². The lowest BCUT2D eigenvalue weighted by Crippen LogP contribution is -2.39. The number of rotatable bonds is 2. The van der Waals surface area contributed by atoms with Gasteiger partial charge >= 0.3 is 0 Å². The van der Waals surface area contributed by atoms with Gasteiger partial charge in [0.2, 0.25) is 0 Å². The highest BCUT2D eigenvalue weighted by molar-refractivity contribution is 7.91. The largest absolute Gasteiger partial charge is 0.490 e. The number of ether oxygens (including phenoxy) is 2. The monoisotopic (exact) mass is 297 g/mol. The fourth-order valence-corrected chi connectivity index (χ4v) is 3.75. The first-order valence-electron chi connectivity index (χ1n) is 6.94. The van der Waals surface area contributed by atoms with E-state index in [4.69, 9.17) is 9.47 Å². The minimum Gasteiger partial charge on any atom is -0.490 e. The molecule has 5 nitrogen and oxygen atoms in total. The minimum absolute atomic E-state index is 0.261. The van der Waals surface area contributed by atoms with E-state index in [0.717, 1.165) is 30.0 Å². The van der Waals surface area contributed by atoms with Crippen LogP contribution < -0.4 is 9.47 Å². The molecule has 1 aromatic rings. The maximum absolute atomic E-state index is 11.4. The van der Waals surface area contributed by atoms with Crippen LogP contribution in [-0.4, -0.2) is 51.1 Å². The van der Waals surface area contributed by atoms with Crippen molar-refractivity contribution in [3.05, 3.63) is 23.8 Å². The Labute approximate surface area is 119 Å². The molecule has 2 heterocycles. The van der Waals surface area contributed by atoms with Crippen LogP contribution in [0, 0.1) is 0 Å². The molecule has 1 aromatic carbocycles. The van der Waals surface area contributed by atoms with Crippen LogP contribution in [0.4, 0.5) is 0 Å². The van der Waals surface area contributed by atoms with Crippen LogP contribution in [0.5, 0.6) is 11.5 Å². The van der Waals surface area contributed by atoms with E-state index in [1.165, 1.54) is 0 Å². The van der Waals surface area contributed by atoms with Gasteiger partial charge in [-0.3, -0.25) is 4.90 Å². The van der Waals surface area contributed by atoms with Gasteiger partial charge in [-0.25, -0.2) is 8.42 Å². The second-order valence-electron chi connectivity index (χ2n) is 5.26. The summed E-state index contributed by atoms with van der Waals surface area (Å²) < 4.78 is 34.1. The fraction of sp³-hybridized carbons (Fsp3) is 0.571. The van der Waals surface area contributed by atoms with Crippen molar-refractivity contribution in [2.45, 2.75) is 13.0 Å². The third kappa shape index (κ3) is 3.24. The van der Waals surface area contributed by atoms with Crippen molar-refractivity contribution >= 4 is 9.84 Å². The van der Waals surface area contributed by atoms with Gasteiger partial charge in [0.25, 0.3) is 0 Å². The summed E-state index contributed by atoms with van der Waals surface area (Å²) in [6.07, 6.45) is 0.897. The van der Waals surface area contributed by atoms with Crippen LogP contribution in [0.3, 0.4) is 0 Å². The van der Waals surface area contributed by atoms with Gasteiger partial charge in [-0.2, -0.15) is 0 Å². The van der Waals surface area contributed by atoms with Crippen molar-refractivity contribution in [2.75, 3.05) is 37.8 Å². The summed E-state index contributed by atoms with van der Waals surface area (Å²) in [5.41, 5.74) is 1.13. The third-order valence-electron chi connectivity index (χ3n) is 3.66. The first-order valence-corrected chi connectivity index (χ1v) is 8.76. The van der Waals surface area contributed by atoms with E-state index in [1.54, 1.807) is 0 Å². The van der Waals surface area contributed by atoms with Crippen molar-refractivity contribution in [3.63, 3.8) is 0 Å². The Bertz CT molecular complexity index is 571. The van der Waals surface area contributed by atoms with Crippen LogP contribution in [0.25, 0.3) is 0 Å². The predicted octanol–water partition coefficient (Wildman–Crippen LogP) is 1.08. The topological polar surface area (TPSA) is 55.8 Å². The molecule has 0 spiro atoms. The second-order valence-corrected chi connectivity index (χ2v) is 7.56. The molecule has 110 valence electrons. The maximum atomic E-state index is 11.4. The van der Waals surface area contributed by atoms with Crippen molar-refractivity contribution < 1.29 is 17.9 Å². The SMILES string of the molecule is O=S1(=O)CCN(Cc2ccc3c(c2)OCCCO3)CC1. The van der Waals surface area contributed by atoms with E-state index in [-0.39, 0.29) is 11.5 Å². The molecule has 0 radical (unpaired) electrons. The quantitative estimate of drug-likeness (QED) is 0.817. The summed E-state index contributed by atoms with van der Waals surface area (Å²) in [7, 11) is -2.81. The average Bonchev–Trinajstić information content (AvgIpc) is 2.66. The highest BCUT2D eigenvalue weighted by Gasteiger charge is 2.21. The average molecular weight is 297 g/mol. The molecule has 1 saturated heterocycles. The number of fused-ring (bicyclic) bond motifs is 1. The molecule has 1 fully saturated rings. The van der Waals surface area contributed by atoms with E-state index in [2.05, 4.69) is 4.90 Å². The number of nitrogens with zero attached hydrogens (tertiary/aromatic N) is 1. The molecule has 2 aliphatic heterocycles. The van der Waals surface area contributed by atoms with Crippen LogP contribution in [0.15, 0.2) is 18.2 Å². The lowest BCUT2D eigenvalue weighted by molar-refractivity contribution is 0.286. The highest BCUT2D eigenvalue weighted by atomic mass is 32.2. The molecule has 20 heavy (non-hydrogen) atoms. The molecular formula is C14H19NO4S. The molecule has 0 aliphatic carbocycles. The summed E-state index contributed by atoms with van der Waals surface area (Å²) in [5.74, 6) is 2.12. The molecule has 0 N–H and O–H groups in total. The van der Waals surface area contributed by atoms with Crippen molar-refractivity contribution in [1.29, 1.82) is 0 Å². The smallest absolute Gasteiger partial charge is 0.161 e. The molecule has 3 rings (SSSR count). The van der Waals surface area contributed by atoms with E-state index in [0.29, 0.717) is 26.3 Å². The molecule has 0 amide bonds. The molecule has 2 aliphatic rings. The first kappa shape index (κ1) is 13.7. The van der Waals surface area contributed by atoms with E-state index in [9.17, 15) is 8.42 Å². The first-order chi connectivity index (χ1) is 9.62.